The first-order valence-corrected chi connectivity index (χ1v) is 7.67. The second-order valence-electron chi connectivity index (χ2n) is 4.93. The van der Waals surface area contributed by atoms with Crippen LogP contribution in [0.5, 0.6) is 0 Å². The summed E-state index contributed by atoms with van der Waals surface area (Å²) >= 11 is 0. The van der Waals surface area contributed by atoms with Crippen molar-refractivity contribution < 1.29 is 23.1 Å². The number of nitrogen functional groups attached to an aromatic ring is 1. The van der Waals surface area contributed by atoms with Crippen LogP contribution in [0.3, 0.4) is 0 Å². The molecule has 1 fully saturated rings. The normalized spacial score (nSPS) is 19.0. The van der Waals surface area contributed by atoms with Crippen LogP contribution in [0, 0.1) is 6.92 Å². The molecule has 1 aromatic carbocycles. The molecular weight excluding hydrogens is 298 g/mol. The van der Waals surface area contributed by atoms with Gasteiger partial charge >= 0.3 is 5.97 Å². The van der Waals surface area contributed by atoms with Crippen molar-refractivity contribution in [2.24, 2.45) is 5.14 Å². The fraction of sp³-hybridized carbons (Fsp3) is 0.333. The number of nitrogens with two attached hydrogens (primary N) is 2. The standard InChI is InChI=1S/C12H15N3O5S/c1-6-9(13)2-7(12(17)18)3-10(6)15-5-8(4-11(15)16)21(14,19)20/h2-3,8H,4-5,13H2,1H3,(H,17,18)(H2,14,19,20). The fourth-order valence-corrected chi connectivity index (χ4v) is 2.98. The van der Waals surface area contributed by atoms with Crippen molar-refractivity contribution in [3.63, 3.8) is 0 Å². The molecule has 114 valence electrons. The van der Waals surface area contributed by atoms with Crippen LogP contribution in [0.25, 0.3) is 0 Å². The summed E-state index contributed by atoms with van der Waals surface area (Å²) in [5, 5.41) is 13.1. The van der Waals surface area contributed by atoms with E-state index in [0.717, 1.165) is 0 Å². The Balaban J connectivity index is 2.47. The summed E-state index contributed by atoms with van der Waals surface area (Å²) < 4.78 is 22.7. The number of amides is 1. The van der Waals surface area contributed by atoms with Crippen LogP contribution in [-0.2, 0) is 14.8 Å². The summed E-state index contributed by atoms with van der Waals surface area (Å²) in [4.78, 5) is 24.3. The molecule has 1 aliphatic rings. The number of hydrogen-bond donors (Lipinski definition) is 3. The van der Waals surface area contributed by atoms with Gasteiger partial charge in [0.25, 0.3) is 0 Å². The lowest BCUT2D eigenvalue weighted by Gasteiger charge is -2.20. The highest BCUT2D eigenvalue weighted by atomic mass is 32.2. The quantitative estimate of drug-likeness (QED) is 0.652. The zero-order valence-corrected chi connectivity index (χ0v) is 12.1. The van der Waals surface area contributed by atoms with Gasteiger partial charge in [-0.15, -0.1) is 0 Å². The van der Waals surface area contributed by atoms with Crippen molar-refractivity contribution in [1.82, 2.24) is 0 Å². The van der Waals surface area contributed by atoms with Gasteiger partial charge in [-0.1, -0.05) is 0 Å². The molecular formula is C12H15N3O5S. The Morgan fingerprint density at radius 2 is 2.05 bits per heavy atom. The summed E-state index contributed by atoms with van der Waals surface area (Å²) in [6.45, 7) is 1.52. The number of carboxylic acid groups (broad SMARTS) is 1. The molecule has 21 heavy (non-hydrogen) atoms. The van der Waals surface area contributed by atoms with Gasteiger partial charge in [-0.25, -0.2) is 18.4 Å². The lowest BCUT2D eigenvalue weighted by atomic mass is 10.1. The van der Waals surface area contributed by atoms with Crippen molar-refractivity contribution >= 4 is 33.3 Å². The van der Waals surface area contributed by atoms with E-state index in [4.69, 9.17) is 16.0 Å². The molecule has 1 aliphatic heterocycles. The van der Waals surface area contributed by atoms with Gasteiger partial charge in [0.1, 0.15) is 5.25 Å². The zero-order valence-electron chi connectivity index (χ0n) is 11.2. The van der Waals surface area contributed by atoms with Crippen molar-refractivity contribution in [2.75, 3.05) is 17.2 Å². The van der Waals surface area contributed by atoms with Gasteiger partial charge in [-0.2, -0.15) is 0 Å². The molecule has 0 radical (unpaired) electrons. The number of carbonyl (C=O) groups excluding carboxylic acids is 1. The first-order chi connectivity index (χ1) is 9.61. The summed E-state index contributed by atoms with van der Waals surface area (Å²) in [7, 11) is -3.84. The average molecular weight is 313 g/mol. The molecule has 0 aromatic heterocycles. The van der Waals surface area contributed by atoms with Gasteiger partial charge in [0.05, 0.1) is 5.56 Å². The van der Waals surface area contributed by atoms with Crippen molar-refractivity contribution in [3.8, 4) is 0 Å². The number of rotatable bonds is 3. The minimum Gasteiger partial charge on any atom is -0.478 e. The Kier molecular flexibility index (Phi) is 3.64. The van der Waals surface area contributed by atoms with E-state index >= 15 is 0 Å². The molecule has 1 atom stereocenters. The van der Waals surface area contributed by atoms with E-state index < -0.39 is 27.1 Å². The summed E-state index contributed by atoms with van der Waals surface area (Å²) in [5.41, 5.74) is 6.71. The minimum absolute atomic E-state index is 0.0695. The van der Waals surface area contributed by atoms with E-state index in [1.807, 2.05) is 0 Å². The van der Waals surface area contributed by atoms with E-state index in [1.54, 1.807) is 6.92 Å². The van der Waals surface area contributed by atoms with Crippen LogP contribution in [0.2, 0.25) is 0 Å². The van der Waals surface area contributed by atoms with Crippen molar-refractivity contribution in [3.05, 3.63) is 23.3 Å². The summed E-state index contributed by atoms with van der Waals surface area (Å²) in [5.74, 6) is -1.61. The molecule has 0 aliphatic carbocycles. The lowest BCUT2D eigenvalue weighted by molar-refractivity contribution is -0.117. The molecule has 1 aromatic rings. The third kappa shape index (κ3) is 2.83. The van der Waals surface area contributed by atoms with E-state index in [1.165, 1.54) is 17.0 Å². The number of anilines is 2. The largest absolute Gasteiger partial charge is 0.478 e. The monoisotopic (exact) mass is 313 g/mol. The van der Waals surface area contributed by atoms with E-state index in [2.05, 4.69) is 0 Å². The Labute approximate surface area is 121 Å². The van der Waals surface area contributed by atoms with Crippen LogP contribution >= 0.6 is 0 Å². The van der Waals surface area contributed by atoms with Gasteiger partial charge in [-0.3, -0.25) is 4.79 Å². The molecule has 0 spiro atoms. The van der Waals surface area contributed by atoms with E-state index in [9.17, 15) is 18.0 Å². The van der Waals surface area contributed by atoms with Gasteiger partial charge in [-0.05, 0) is 24.6 Å². The molecule has 5 N–H and O–H groups in total. The van der Waals surface area contributed by atoms with Crippen LogP contribution in [0.4, 0.5) is 11.4 Å². The van der Waals surface area contributed by atoms with Crippen LogP contribution < -0.4 is 15.8 Å². The predicted molar refractivity (Wildman–Crippen MR) is 76.4 cm³/mol. The summed E-state index contributed by atoms with van der Waals surface area (Å²) in [6.07, 6.45) is -0.227. The number of benzene rings is 1. The molecule has 0 saturated carbocycles. The first kappa shape index (κ1) is 15.3. The second kappa shape index (κ2) is 5.01. The Bertz CT molecular complexity index is 729. The SMILES string of the molecule is Cc1c(N)cc(C(=O)O)cc1N1CC(S(N)(=O)=O)CC1=O. The molecule has 1 saturated heterocycles. The van der Waals surface area contributed by atoms with Crippen molar-refractivity contribution in [2.45, 2.75) is 18.6 Å². The number of aromatic carboxylic acids is 1. The van der Waals surface area contributed by atoms with E-state index in [-0.39, 0.29) is 24.2 Å². The zero-order chi connectivity index (χ0) is 15.9. The number of primary sulfonamides is 1. The fourth-order valence-electron chi connectivity index (χ4n) is 2.25. The lowest BCUT2D eigenvalue weighted by Crippen LogP contribution is -2.32. The van der Waals surface area contributed by atoms with Crippen LogP contribution in [0.1, 0.15) is 22.3 Å². The second-order valence-corrected chi connectivity index (χ2v) is 6.78. The number of sulfonamides is 1. The number of hydrogen-bond acceptors (Lipinski definition) is 5. The van der Waals surface area contributed by atoms with Gasteiger partial charge < -0.3 is 15.7 Å². The van der Waals surface area contributed by atoms with Gasteiger partial charge in [0, 0.05) is 24.3 Å². The maximum absolute atomic E-state index is 12.0. The topological polar surface area (TPSA) is 144 Å². The van der Waals surface area contributed by atoms with E-state index in [0.29, 0.717) is 11.3 Å². The molecule has 1 heterocycles. The molecule has 9 heteroatoms. The van der Waals surface area contributed by atoms with Gasteiger partial charge in [0.2, 0.25) is 15.9 Å². The predicted octanol–water partition coefficient (Wildman–Crippen LogP) is -0.331. The Morgan fingerprint density at radius 1 is 1.43 bits per heavy atom. The third-order valence-corrected chi connectivity index (χ3v) is 4.76. The first-order valence-electron chi connectivity index (χ1n) is 6.06. The average Bonchev–Trinajstić information content (AvgIpc) is 2.74. The Morgan fingerprint density at radius 3 is 2.52 bits per heavy atom. The molecule has 2 rings (SSSR count). The molecule has 1 unspecified atom stereocenters. The highest BCUT2D eigenvalue weighted by Gasteiger charge is 2.38. The highest BCUT2D eigenvalue weighted by Crippen LogP contribution is 2.31. The van der Waals surface area contributed by atoms with Crippen LogP contribution in [-0.4, -0.2) is 37.2 Å². The third-order valence-electron chi connectivity index (χ3n) is 3.51. The van der Waals surface area contributed by atoms with Crippen LogP contribution in [0.15, 0.2) is 12.1 Å². The maximum Gasteiger partial charge on any atom is 0.335 e. The minimum atomic E-state index is -3.84. The Hall–Kier alpha value is -2.13. The highest BCUT2D eigenvalue weighted by molar-refractivity contribution is 7.89. The molecule has 1 amide bonds. The van der Waals surface area contributed by atoms with Crippen molar-refractivity contribution in [1.29, 1.82) is 0 Å². The summed E-state index contributed by atoms with van der Waals surface area (Å²) in [6, 6.07) is 2.59. The number of carbonyl (C=O) groups is 2. The van der Waals surface area contributed by atoms with Gasteiger partial charge in [0.15, 0.2) is 0 Å². The maximum atomic E-state index is 12.0. The molecule has 0 bridgehead atoms. The number of carboxylic acids is 1. The molecule has 8 nitrogen and oxygen atoms in total. The number of nitrogens with zero attached hydrogens (tertiary/aromatic N) is 1. The smallest absolute Gasteiger partial charge is 0.335 e.